The maximum absolute atomic E-state index is 13.6. The first-order valence-corrected chi connectivity index (χ1v) is 22.3. The molecule has 0 aliphatic carbocycles. The van der Waals surface area contributed by atoms with Crippen LogP contribution >= 0.6 is 0 Å². The van der Waals surface area contributed by atoms with Crippen LogP contribution in [0.1, 0.15) is 73.9 Å². The lowest BCUT2D eigenvalue weighted by atomic mass is 9.90. The van der Waals surface area contributed by atoms with Gasteiger partial charge in [0.05, 0.1) is 18.0 Å². The lowest BCUT2D eigenvalue weighted by Crippen LogP contribution is -2.50. The van der Waals surface area contributed by atoms with Gasteiger partial charge < -0.3 is 24.6 Å². The number of hydrogen-bond donors (Lipinski definition) is 2. The van der Waals surface area contributed by atoms with Crippen LogP contribution in [0.2, 0.25) is 0 Å². The number of fused-ring (bicyclic) bond motifs is 2. The summed E-state index contributed by atoms with van der Waals surface area (Å²) < 4.78 is 11.5. The Morgan fingerprint density at radius 1 is 0.875 bits per heavy atom. The number of carbonyl (C=O) groups is 4. The molecule has 6 heterocycles. The molecule has 2 N–H and O–H groups in total. The van der Waals surface area contributed by atoms with Crippen LogP contribution in [0.3, 0.4) is 0 Å². The molecule has 4 aliphatic heterocycles. The normalized spacial score (nSPS) is 18.6. The molecular formula is C49H55N9O6. The van der Waals surface area contributed by atoms with E-state index in [1.165, 1.54) is 5.69 Å². The molecule has 0 radical (unpaired) electrons. The number of amides is 4. The van der Waals surface area contributed by atoms with Crippen molar-refractivity contribution in [1.29, 1.82) is 0 Å². The second-order valence-electron chi connectivity index (χ2n) is 18.2. The molecule has 0 spiro atoms. The molecule has 4 aliphatic rings. The van der Waals surface area contributed by atoms with Crippen LogP contribution in [0.25, 0.3) is 22.0 Å². The zero-order valence-corrected chi connectivity index (χ0v) is 36.9. The fraction of sp³-hybridized carbons (Fsp3) is 0.408. The SMILES string of the molecule is Cc1c(-c2ccc3cnc(Nc4ccc(C(=O)N5CCN(CC6CCN(c7ccc(C8CCC(=O)NC8=O)cc7)CC6)CC5)cc4)nc3c2)cnc2c1N(C(=O)OC(C)(C)C)CCO2. The largest absolute Gasteiger partial charge is 0.474 e. The topological polar surface area (TPSA) is 162 Å². The van der Waals surface area contributed by atoms with Crippen molar-refractivity contribution in [3.63, 3.8) is 0 Å². The zero-order valence-electron chi connectivity index (χ0n) is 36.9. The minimum absolute atomic E-state index is 0.0327. The van der Waals surface area contributed by atoms with Crippen molar-refractivity contribution in [2.75, 3.05) is 74.1 Å². The van der Waals surface area contributed by atoms with Gasteiger partial charge in [-0.2, -0.15) is 0 Å². The Balaban J connectivity index is 0.763. The molecule has 64 heavy (non-hydrogen) atoms. The standard InChI is InChI=1S/C49H55N9O6/c1-31-40(29-50-45-43(31)58(25-26-63-45)48(62)64-49(2,3)4)35-5-6-36-28-51-47(53-41(36)27-35)52-37-11-7-34(8-12-37)46(61)57-23-21-55(22-24-57)30-32-17-19-56(20-18-32)38-13-9-33(10-14-38)39-15-16-42(59)54-44(39)60/h5-14,27-29,32,39H,15-26,30H2,1-4H3,(H,51,52,53)(H,54,59,60). The van der Waals surface area contributed by atoms with Crippen LogP contribution in [-0.4, -0.2) is 113 Å². The summed E-state index contributed by atoms with van der Waals surface area (Å²) in [5, 5.41) is 6.63. The molecule has 0 bridgehead atoms. The number of ether oxygens (including phenoxy) is 2. The Morgan fingerprint density at radius 3 is 2.34 bits per heavy atom. The van der Waals surface area contributed by atoms with Gasteiger partial charge in [-0.1, -0.05) is 24.3 Å². The highest BCUT2D eigenvalue weighted by atomic mass is 16.6. The van der Waals surface area contributed by atoms with E-state index in [0.717, 1.165) is 84.4 Å². The number of aromatic nitrogens is 3. The maximum Gasteiger partial charge on any atom is 0.415 e. The number of hydrogen-bond acceptors (Lipinski definition) is 12. The van der Waals surface area contributed by atoms with Gasteiger partial charge in [0.15, 0.2) is 0 Å². The third-order valence-corrected chi connectivity index (χ3v) is 12.7. The number of imide groups is 1. The molecular weight excluding hydrogens is 811 g/mol. The lowest BCUT2D eigenvalue weighted by molar-refractivity contribution is -0.134. The molecule has 2 aromatic heterocycles. The molecule has 332 valence electrons. The van der Waals surface area contributed by atoms with Gasteiger partial charge in [-0.3, -0.25) is 29.5 Å². The Bertz CT molecular complexity index is 2560. The average molecular weight is 866 g/mol. The molecule has 15 heteroatoms. The molecule has 3 aromatic carbocycles. The van der Waals surface area contributed by atoms with Crippen molar-refractivity contribution in [2.45, 2.75) is 64.9 Å². The van der Waals surface area contributed by atoms with Crippen molar-refractivity contribution in [1.82, 2.24) is 30.1 Å². The highest BCUT2D eigenvalue weighted by Crippen LogP contribution is 2.40. The highest BCUT2D eigenvalue weighted by molar-refractivity contribution is 6.01. The van der Waals surface area contributed by atoms with Crippen LogP contribution in [0, 0.1) is 12.8 Å². The Morgan fingerprint density at radius 2 is 1.62 bits per heavy atom. The Kier molecular flexibility index (Phi) is 11.9. The van der Waals surface area contributed by atoms with Crippen molar-refractivity contribution in [2.24, 2.45) is 5.92 Å². The van der Waals surface area contributed by atoms with E-state index >= 15 is 0 Å². The second kappa shape index (κ2) is 17.9. The van der Waals surface area contributed by atoms with E-state index in [-0.39, 0.29) is 23.6 Å². The molecule has 3 fully saturated rings. The average Bonchev–Trinajstić information content (AvgIpc) is 3.29. The first kappa shape index (κ1) is 42.7. The van der Waals surface area contributed by atoms with E-state index in [1.54, 1.807) is 17.3 Å². The molecule has 1 unspecified atom stereocenters. The summed E-state index contributed by atoms with van der Waals surface area (Å²) in [5.74, 6) is 0.820. The minimum Gasteiger partial charge on any atom is -0.474 e. The smallest absolute Gasteiger partial charge is 0.415 e. The molecule has 9 rings (SSSR count). The van der Waals surface area contributed by atoms with Crippen molar-refractivity contribution < 1.29 is 28.7 Å². The predicted molar refractivity (Wildman–Crippen MR) is 245 cm³/mol. The van der Waals surface area contributed by atoms with Gasteiger partial charge in [0.1, 0.15) is 17.9 Å². The fourth-order valence-corrected chi connectivity index (χ4v) is 9.19. The van der Waals surface area contributed by atoms with Crippen LogP contribution in [0.4, 0.5) is 27.8 Å². The second-order valence-corrected chi connectivity index (χ2v) is 18.2. The summed E-state index contributed by atoms with van der Waals surface area (Å²) in [4.78, 5) is 73.0. The van der Waals surface area contributed by atoms with Gasteiger partial charge in [0.25, 0.3) is 5.91 Å². The van der Waals surface area contributed by atoms with Crippen molar-refractivity contribution in [3.8, 4) is 17.0 Å². The summed E-state index contributed by atoms with van der Waals surface area (Å²) in [7, 11) is 0. The number of pyridine rings is 1. The first-order valence-electron chi connectivity index (χ1n) is 22.3. The van der Waals surface area contributed by atoms with E-state index in [9.17, 15) is 19.2 Å². The number of nitrogens with one attached hydrogen (secondary N) is 2. The first-order chi connectivity index (χ1) is 30.8. The summed E-state index contributed by atoms with van der Waals surface area (Å²) >= 11 is 0. The highest BCUT2D eigenvalue weighted by Gasteiger charge is 2.33. The summed E-state index contributed by atoms with van der Waals surface area (Å²) in [6.45, 7) is 14.3. The van der Waals surface area contributed by atoms with Crippen LogP contribution in [-0.2, 0) is 14.3 Å². The van der Waals surface area contributed by atoms with E-state index in [0.29, 0.717) is 68.1 Å². The lowest BCUT2D eigenvalue weighted by Gasteiger charge is -2.39. The summed E-state index contributed by atoms with van der Waals surface area (Å²) in [6, 6.07) is 21.7. The van der Waals surface area contributed by atoms with Gasteiger partial charge in [-0.15, -0.1) is 0 Å². The number of piperidine rings is 2. The van der Waals surface area contributed by atoms with Crippen LogP contribution in [0.5, 0.6) is 5.88 Å². The monoisotopic (exact) mass is 865 g/mol. The molecule has 4 amide bonds. The van der Waals surface area contributed by atoms with Crippen molar-refractivity contribution in [3.05, 3.63) is 95.8 Å². The van der Waals surface area contributed by atoms with Gasteiger partial charge in [0, 0.05) is 92.5 Å². The number of nitrogens with zero attached hydrogens (tertiary/aromatic N) is 7. The number of piperazine rings is 1. The van der Waals surface area contributed by atoms with Crippen LogP contribution in [0.15, 0.2) is 79.1 Å². The summed E-state index contributed by atoms with van der Waals surface area (Å²) in [6.07, 6.45) is 6.27. The zero-order chi connectivity index (χ0) is 44.5. The number of benzene rings is 3. The number of carbonyl (C=O) groups excluding carboxylic acids is 4. The molecule has 15 nitrogen and oxygen atoms in total. The Hall–Kier alpha value is -6.61. The van der Waals surface area contributed by atoms with Gasteiger partial charge in [-0.05, 0) is 112 Å². The molecule has 1 atom stereocenters. The molecule has 3 saturated heterocycles. The van der Waals surface area contributed by atoms with Gasteiger partial charge in [0.2, 0.25) is 23.6 Å². The minimum atomic E-state index is -0.641. The predicted octanol–water partition coefficient (Wildman–Crippen LogP) is 7.07. The van der Waals surface area contributed by atoms with E-state index in [2.05, 4.69) is 42.5 Å². The fourth-order valence-electron chi connectivity index (χ4n) is 9.19. The molecule has 5 aromatic rings. The number of anilines is 4. The number of rotatable bonds is 8. The maximum atomic E-state index is 13.6. The van der Waals surface area contributed by atoms with Gasteiger partial charge >= 0.3 is 6.09 Å². The third-order valence-electron chi connectivity index (χ3n) is 12.7. The van der Waals surface area contributed by atoms with E-state index in [1.807, 2.05) is 87.2 Å². The summed E-state index contributed by atoms with van der Waals surface area (Å²) in [5.41, 5.74) is 6.83. The van der Waals surface area contributed by atoms with Crippen molar-refractivity contribution >= 4 is 57.7 Å². The van der Waals surface area contributed by atoms with Crippen LogP contribution < -0.4 is 25.2 Å². The third kappa shape index (κ3) is 9.35. The van der Waals surface area contributed by atoms with Gasteiger partial charge in [-0.25, -0.2) is 19.7 Å². The van der Waals surface area contributed by atoms with E-state index in [4.69, 9.17) is 14.5 Å². The Labute approximate surface area is 373 Å². The molecule has 0 saturated carbocycles. The van der Waals surface area contributed by atoms with E-state index < -0.39 is 11.7 Å². The quantitative estimate of drug-likeness (QED) is 0.153.